The largest absolute Gasteiger partial charge is 0.392 e. The van der Waals surface area contributed by atoms with E-state index in [0.717, 1.165) is 33.4 Å². The molecule has 5 aromatic rings. The van der Waals surface area contributed by atoms with Crippen LogP contribution in [0.5, 0.6) is 0 Å². The van der Waals surface area contributed by atoms with Crippen LogP contribution in [0.4, 0.5) is 5.69 Å². The first kappa shape index (κ1) is 40.9. The molecule has 1 heterocycles. The van der Waals surface area contributed by atoms with Crippen LogP contribution in [0.3, 0.4) is 0 Å². The van der Waals surface area contributed by atoms with Crippen LogP contribution in [0.25, 0.3) is 0 Å². The van der Waals surface area contributed by atoms with Crippen molar-refractivity contribution in [1.29, 1.82) is 0 Å². The molecule has 6 rings (SSSR count). The van der Waals surface area contributed by atoms with Crippen LogP contribution in [0.1, 0.15) is 65.7 Å². The summed E-state index contributed by atoms with van der Waals surface area (Å²) in [6, 6.07) is 38.9. The summed E-state index contributed by atoms with van der Waals surface area (Å²) in [5, 5.41) is 23.7. The monoisotopic (exact) mass is 777 g/mol. The number of nitrogens with one attached hydrogen (secondary N) is 2. The fourth-order valence-electron chi connectivity index (χ4n) is 6.91. The molecule has 0 bridgehead atoms. The SMILES string of the molecule is Cc1ccc(S(=O)(=O)N[C@H](Cc2ccccc2)C(=O)Nc2ccc([C@H]3O[C@@H](CN(C)[C@H](C)[C@@H](O)c4ccccc4)[C@@H](C)[C@@H](c4ccc(CO)cc4)O3)cc2)cc1. The molecule has 7 atom stereocenters. The van der Waals surface area contributed by atoms with Crippen LogP contribution in [0.2, 0.25) is 0 Å². The second-order valence-electron chi connectivity index (χ2n) is 14.6. The van der Waals surface area contributed by atoms with Gasteiger partial charge in [-0.1, -0.05) is 122 Å². The number of ether oxygens (including phenoxy) is 2. The standard InChI is InChI=1S/C45H51N3O7S/c1-30-15-25-39(26-16-30)56(52,53)47-40(27-33-11-7-5-8-12-33)44(51)46-38-23-21-37(22-24-38)45-54-41(28-48(4)32(3)42(50)35-13-9-6-10-14-35)31(2)43(55-45)36-19-17-34(29-49)18-20-36/h5-26,31-32,40-43,45,47,49-50H,27-29H2,1-4H3,(H,46,51)/t31-,32-,40-,41+,42-,43+,45+/m1/s1. The quantitative estimate of drug-likeness (QED) is 0.0906. The van der Waals surface area contributed by atoms with Crippen LogP contribution < -0.4 is 10.0 Å². The van der Waals surface area contributed by atoms with Gasteiger partial charge in [-0.15, -0.1) is 0 Å². The van der Waals surface area contributed by atoms with Crippen molar-refractivity contribution >= 4 is 21.6 Å². The number of anilines is 1. The minimum atomic E-state index is -4.00. The lowest BCUT2D eigenvalue weighted by atomic mass is 9.89. The minimum absolute atomic E-state index is 0.0589. The van der Waals surface area contributed by atoms with Gasteiger partial charge in [0.2, 0.25) is 15.9 Å². The molecule has 11 heteroatoms. The minimum Gasteiger partial charge on any atom is -0.392 e. The Morgan fingerprint density at radius 3 is 2.04 bits per heavy atom. The molecule has 0 aliphatic carbocycles. The molecule has 1 fully saturated rings. The number of aliphatic hydroxyl groups is 2. The highest BCUT2D eigenvalue weighted by Gasteiger charge is 2.39. The van der Waals surface area contributed by atoms with Gasteiger partial charge in [0.1, 0.15) is 6.04 Å². The second kappa shape index (κ2) is 18.5. The highest BCUT2D eigenvalue weighted by molar-refractivity contribution is 7.89. The summed E-state index contributed by atoms with van der Waals surface area (Å²) >= 11 is 0. The van der Waals surface area contributed by atoms with E-state index in [1.807, 2.05) is 118 Å². The third-order valence-electron chi connectivity index (χ3n) is 10.6. The molecule has 0 saturated carbocycles. The maximum absolute atomic E-state index is 13.8. The molecule has 5 aromatic carbocycles. The van der Waals surface area contributed by atoms with Crippen molar-refractivity contribution in [3.05, 3.63) is 167 Å². The summed E-state index contributed by atoms with van der Waals surface area (Å²) < 4.78 is 42.7. The molecule has 0 radical (unpaired) electrons. The van der Waals surface area contributed by atoms with Gasteiger partial charge in [-0.2, -0.15) is 4.72 Å². The number of rotatable bonds is 15. The van der Waals surface area contributed by atoms with Gasteiger partial charge < -0.3 is 25.0 Å². The average Bonchev–Trinajstić information content (AvgIpc) is 3.22. The predicted molar refractivity (Wildman–Crippen MR) is 217 cm³/mol. The number of likely N-dealkylation sites (N-methyl/N-ethyl adjacent to an activating group) is 1. The van der Waals surface area contributed by atoms with E-state index in [9.17, 15) is 23.4 Å². The van der Waals surface area contributed by atoms with Crippen LogP contribution in [0, 0.1) is 12.8 Å². The van der Waals surface area contributed by atoms with E-state index in [2.05, 4.69) is 21.9 Å². The number of amides is 1. The molecular formula is C45H51N3O7S. The van der Waals surface area contributed by atoms with Gasteiger partial charge in [0.25, 0.3) is 0 Å². The van der Waals surface area contributed by atoms with Crippen molar-refractivity contribution in [3.63, 3.8) is 0 Å². The van der Waals surface area contributed by atoms with Crippen molar-refractivity contribution in [2.24, 2.45) is 5.92 Å². The molecule has 1 amide bonds. The van der Waals surface area contributed by atoms with Crippen molar-refractivity contribution in [2.75, 3.05) is 18.9 Å². The zero-order valence-electron chi connectivity index (χ0n) is 32.2. The Labute approximate surface area is 330 Å². The van der Waals surface area contributed by atoms with Gasteiger partial charge in [-0.3, -0.25) is 9.69 Å². The summed E-state index contributed by atoms with van der Waals surface area (Å²) in [5.74, 6) is -0.573. The summed E-state index contributed by atoms with van der Waals surface area (Å²) in [4.78, 5) is 15.9. The third kappa shape index (κ3) is 10.2. The van der Waals surface area contributed by atoms with Crippen molar-refractivity contribution in [3.8, 4) is 0 Å². The lowest BCUT2D eigenvalue weighted by Gasteiger charge is -2.43. The first-order valence-corrected chi connectivity index (χ1v) is 20.4. The first-order chi connectivity index (χ1) is 26.9. The molecule has 0 spiro atoms. The van der Waals surface area contributed by atoms with Crippen molar-refractivity contribution < 1.29 is 32.9 Å². The van der Waals surface area contributed by atoms with E-state index in [0.29, 0.717) is 12.2 Å². The van der Waals surface area contributed by atoms with E-state index in [4.69, 9.17) is 9.47 Å². The highest BCUT2D eigenvalue weighted by Crippen LogP contribution is 2.42. The van der Waals surface area contributed by atoms with Gasteiger partial charge in [-0.05, 0) is 73.8 Å². The van der Waals surface area contributed by atoms with E-state index >= 15 is 0 Å². The van der Waals surface area contributed by atoms with E-state index in [1.165, 1.54) is 12.1 Å². The molecule has 294 valence electrons. The second-order valence-corrected chi connectivity index (χ2v) is 16.4. The number of carbonyl (C=O) groups excluding carboxylic acids is 1. The molecule has 56 heavy (non-hydrogen) atoms. The van der Waals surface area contributed by atoms with Crippen LogP contribution in [-0.4, -0.2) is 61.2 Å². The zero-order valence-corrected chi connectivity index (χ0v) is 33.0. The number of sulfonamides is 1. The smallest absolute Gasteiger partial charge is 0.242 e. The topological polar surface area (TPSA) is 137 Å². The molecule has 1 aliphatic heterocycles. The van der Waals surface area contributed by atoms with Gasteiger partial charge >= 0.3 is 0 Å². The summed E-state index contributed by atoms with van der Waals surface area (Å²) in [7, 11) is -2.03. The molecule has 1 saturated heterocycles. The van der Waals surface area contributed by atoms with Crippen molar-refractivity contribution in [1.82, 2.24) is 9.62 Å². The van der Waals surface area contributed by atoms with Crippen LogP contribution in [-0.2, 0) is 37.3 Å². The number of aliphatic hydroxyl groups excluding tert-OH is 2. The molecule has 4 N–H and O–H groups in total. The summed E-state index contributed by atoms with van der Waals surface area (Å²) in [6.07, 6.45) is -1.92. The third-order valence-corrected chi connectivity index (χ3v) is 12.1. The molecule has 10 nitrogen and oxygen atoms in total. The first-order valence-electron chi connectivity index (χ1n) is 18.9. The van der Waals surface area contributed by atoms with Crippen LogP contribution >= 0.6 is 0 Å². The van der Waals surface area contributed by atoms with E-state index < -0.39 is 34.4 Å². The average molecular weight is 778 g/mol. The van der Waals surface area contributed by atoms with Crippen molar-refractivity contribution in [2.45, 2.75) is 75.4 Å². The maximum Gasteiger partial charge on any atom is 0.242 e. The molecular weight excluding hydrogens is 727 g/mol. The number of hydrogen-bond acceptors (Lipinski definition) is 8. The Morgan fingerprint density at radius 2 is 1.41 bits per heavy atom. The number of benzene rings is 5. The fraction of sp³-hybridized carbons (Fsp3) is 0.311. The Morgan fingerprint density at radius 1 is 0.804 bits per heavy atom. The molecule has 0 aromatic heterocycles. The van der Waals surface area contributed by atoms with Gasteiger partial charge in [-0.25, -0.2) is 8.42 Å². The Hall–Kier alpha value is -4.72. The zero-order chi connectivity index (χ0) is 39.8. The number of hydrogen-bond donors (Lipinski definition) is 4. The Balaban J connectivity index is 1.20. The van der Waals surface area contributed by atoms with Crippen LogP contribution in [0.15, 0.2) is 138 Å². The summed E-state index contributed by atoms with van der Waals surface area (Å²) in [6.45, 7) is 6.43. The highest BCUT2D eigenvalue weighted by atomic mass is 32.2. The predicted octanol–water partition coefficient (Wildman–Crippen LogP) is 6.86. The van der Waals surface area contributed by atoms with Gasteiger partial charge in [0, 0.05) is 29.8 Å². The Bertz CT molecular complexity index is 2120. The van der Waals surface area contributed by atoms with E-state index in [-0.39, 0.29) is 42.1 Å². The maximum atomic E-state index is 13.8. The summed E-state index contributed by atoms with van der Waals surface area (Å²) in [5.41, 5.74) is 5.54. The molecule has 1 aliphatic rings. The van der Waals surface area contributed by atoms with Gasteiger partial charge in [0.15, 0.2) is 6.29 Å². The lowest BCUT2D eigenvalue weighted by Crippen LogP contribution is -2.46. The number of carbonyl (C=O) groups is 1. The van der Waals surface area contributed by atoms with E-state index in [1.54, 1.807) is 24.3 Å². The van der Waals surface area contributed by atoms with Gasteiger partial charge in [0.05, 0.1) is 29.8 Å². The molecule has 0 unspecified atom stereocenters. The lowest BCUT2D eigenvalue weighted by molar-refractivity contribution is -0.276. The number of aryl methyl sites for hydroxylation is 1. The normalized spacial score (nSPS) is 20.3. The number of nitrogens with zero attached hydrogens (tertiary/aromatic N) is 1. The fourth-order valence-corrected chi connectivity index (χ4v) is 8.11. The Kier molecular flexibility index (Phi) is 13.5.